The third-order valence-corrected chi connectivity index (χ3v) is 2.81. The van der Waals surface area contributed by atoms with Crippen LogP contribution in [0.4, 0.5) is 8.78 Å². The van der Waals surface area contributed by atoms with Crippen LogP contribution in [0.3, 0.4) is 0 Å². The van der Waals surface area contributed by atoms with Crippen LogP contribution in [-0.2, 0) is 9.53 Å². The summed E-state index contributed by atoms with van der Waals surface area (Å²) in [6, 6.07) is 1.37. The number of esters is 1. The molecule has 2 atom stereocenters. The van der Waals surface area contributed by atoms with Gasteiger partial charge in [0, 0.05) is 10.6 Å². The molecule has 0 aliphatic heterocycles. The number of carbonyl (C=O) groups is 1. The van der Waals surface area contributed by atoms with E-state index >= 15 is 0 Å². The molecule has 1 aromatic rings. The van der Waals surface area contributed by atoms with E-state index in [1.807, 2.05) is 0 Å². The number of nitrogens with two attached hydrogens (primary N) is 1. The second kappa shape index (κ2) is 6.11. The van der Waals surface area contributed by atoms with Crippen molar-refractivity contribution in [1.29, 1.82) is 0 Å². The van der Waals surface area contributed by atoms with Crippen LogP contribution < -0.4 is 5.73 Å². The summed E-state index contributed by atoms with van der Waals surface area (Å²) in [5.41, 5.74) is 5.61. The average molecular weight is 278 g/mol. The minimum atomic E-state index is -2.15. The van der Waals surface area contributed by atoms with E-state index in [1.165, 1.54) is 26.0 Å². The SMILES string of the molecule is CCOC(=O)C(F)[C@H](N)c1c(Cl)ccc(C)c1F. The molecule has 100 valence electrons. The normalized spacial score (nSPS) is 14.1. The number of rotatable bonds is 4. The van der Waals surface area contributed by atoms with Gasteiger partial charge in [-0.3, -0.25) is 0 Å². The molecule has 1 unspecified atom stereocenters. The van der Waals surface area contributed by atoms with Crippen LogP contribution >= 0.6 is 11.6 Å². The van der Waals surface area contributed by atoms with E-state index in [-0.39, 0.29) is 22.8 Å². The van der Waals surface area contributed by atoms with E-state index < -0.39 is 24.0 Å². The molecule has 0 saturated carbocycles. The monoisotopic (exact) mass is 277 g/mol. The number of halogens is 3. The fourth-order valence-electron chi connectivity index (χ4n) is 1.50. The fraction of sp³-hybridized carbons (Fsp3) is 0.417. The van der Waals surface area contributed by atoms with Crippen LogP contribution in [-0.4, -0.2) is 18.7 Å². The lowest BCUT2D eigenvalue weighted by Gasteiger charge is -2.18. The van der Waals surface area contributed by atoms with Gasteiger partial charge in [-0.25, -0.2) is 13.6 Å². The summed E-state index contributed by atoms with van der Waals surface area (Å²) in [5.74, 6) is -1.83. The summed E-state index contributed by atoms with van der Waals surface area (Å²) in [4.78, 5) is 11.2. The van der Waals surface area contributed by atoms with E-state index in [9.17, 15) is 13.6 Å². The highest BCUT2D eigenvalue weighted by Crippen LogP contribution is 2.29. The van der Waals surface area contributed by atoms with E-state index in [0.717, 1.165) is 0 Å². The average Bonchev–Trinajstić information content (AvgIpc) is 2.33. The maximum absolute atomic E-state index is 13.8. The first kappa shape index (κ1) is 14.9. The van der Waals surface area contributed by atoms with Crippen molar-refractivity contribution in [1.82, 2.24) is 0 Å². The molecule has 3 nitrogen and oxygen atoms in total. The number of alkyl halides is 1. The Kier molecular flexibility index (Phi) is 5.04. The van der Waals surface area contributed by atoms with Gasteiger partial charge in [0.25, 0.3) is 0 Å². The molecule has 6 heteroatoms. The Morgan fingerprint density at radius 1 is 1.56 bits per heavy atom. The Bertz CT molecular complexity index is 454. The molecule has 1 aromatic carbocycles. The summed E-state index contributed by atoms with van der Waals surface area (Å²) in [6.45, 7) is 3.06. The van der Waals surface area contributed by atoms with Crippen LogP contribution in [0.15, 0.2) is 12.1 Å². The minimum absolute atomic E-state index is 0.0162. The van der Waals surface area contributed by atoms with Gasteiger partial charge in [-0.2, -0.15) is 0 Å². The van der Waals surface area contributed by atoms with Crippen molar-refractivity contribution in [3.63, 3.8) is 0 Å². The fourth-order valence-corrected chi connectivity index (χ4v) is 1.77. The van der Waals surface area contributed by atoms with Crippen molar-refractivity contribution in [2.75, 3.05) is 6.61 Å². The maximum Gasteiger partial charge on any atom is 0.342 e. The molecule has 0 aliphatic rings. The van der Waals surface area contributed by atoms with Crippen LogP contribution in [0.25, 0.3) is 0 Å². The number of hydrogen-bond donors (Lipinski definition) is 1. The lowest BCUT2D eigenvalue weighted by atomic mass is 10.00. The quantitative estimate of drug-likeness (QED) is 0.861. The van der Waals surface area contributed by atoms with Crippen molar-refractivity contribution in [2.24, 2.45) is 5.73 Å². The van der Waals surface area contributed by atoms with E-state index in [2.05, 4.69) is 4.74 Å². The molecule has 0 bridgehead atoms. The van der Waals surface area contributed by atoms with Gasteiger partial charge in [-0.1, -0.05) is 17.7 Å². The summed E-state index contributed by atoms with van der Waals surface area (Å²) in [7, 11) is 0. The number of hydrogen-bond acceptors (Lipinski definition) is 3. The van der Waals surface area contributed by atoms with Gasteiger partial charge in [0.1, 0.15) is 5.82 Å². The Balaban J connectivity index is 3.07. The number of aryl methyl sites for hydroxylation is 1. The van der Waals surface area contributed by atoms with Gasteiger partial charge in [0.2, 0.25) is 6.17 Å². The molecule has 0 aromatic heterocycles. The third kappa shape index (κ3) is 2.97. The molecule has 0 amide bonds. The van der Waals surface area contributed by atoms with Crippen molar-refractivity contribution in [3.8, 4) is 0 Å². The first-order chi connectivity index (χ1) is 8.40. The number of ether oxygens (including phenoxy) is 1. The van der Waals surface area contributed by atoms with E-state index in [0.29, 0.717) is 0 Å². The molecule has 0 radical (unpaired) electrons. The Morgan fingerprint density at radius 3 is 2.72 bits per heavy atom. The zero-order valence-corrected chi connectivity index (χ0v) is 10.8. The lowest BCUT2D eigenvalue weighted by molar-refractivity contribution is -0.149. The number of benzene rings is 1. The summed E-state index contributed by atoms with van der Waals surface area (Å²) >= 11 is 5.78. The van der Waals surface area contributed by atoms with Gasteiger partial charge in [0.15, 0.2) is 0 Å². The second-order valence-corrected chi connectivity index (χ2v) is 4.18. The zero-order valence-electron chi connectivity index (χ0n) is 10.0. The van der Waals surface area contributed by atoms with Gasteiger partial charge in [-0.15, -0.1) is 0 Å². The van der Waals surface area contributed by atoms with Crippen molar-refractivity contribution >= 4 is 17.6 Å². The van der Waals surface area contributed by atoms with E-state index in [1.54, 1.807) is 0 Å². The Hall–Kier alpha value is -1.20. The highest BCUT2D eigenvalue weighted by Gasteiger charge is 2.31. The molecular formula is C12H14ClF2NO2. The molecular weight excluding hydrogens is 264 g/mol. The number of carbonyl (C=O) groups excluding carboxylic acids is 1. The molecule has 1 rings (SSSR count). The van der Waals surface area contributed by atoms with Crippen molar-refractivity contribution in [2.45, 2.75) is 26.1 Å². The molecule has 18 heavy (non-hydrogen) atoms. The van der Waals surface area contributed by atoms with Gasteiger partial charge in [-0.05, 0) is 25.5 Å². The summed E-state index contributed by atoms with van der Waals surface area (Å²) in [5, 5.41) is -0.0162. The standard InChI is InChI=1S/C12H14ClF2NO2/c1-3-18-12(17)10(15)11(16)8-7(13)5-4-6(2)9(8)14/h4-5,10-11H,3,16H2,1-2H3/t10?,11-/m1/s1. The Morgan fingerprint density at radius 2 is 2.17 bits per heavy atom. The summed E-state index contributed by atoms with van der Waals surface area (Å²) < 4.78 is 32.1. The predicted molar refractivity (Wildman–Crippen MR) is 64.6 cm³/mol. The van der Waals surface area contributed by atoms with Crippen LogP contribution in [0.5, 0.6) is 0 Å². The topological polar surface area (TPSA) is 52.3 Å². The van der Waals surface area contributed by atoms with E-state index in [4.69, 9.17) is 17.3 Å². The Labute approximate surface area is 109 Å². The zero-order chi connectivity index (χ0) is 13.9. The summed E-state index contributed by atoms with van der Waals surface area (Å²) in [6.07, 6.45) is -2.15. The third-order valence-electron chi connectivity index (χ3n) is 2.48. The first-order valence-corrected chi connectivity index (χ1v) is 5.78. The molecule has 2 N–H and O–H groups in total. The smallest absolute Gasteiger partial charge is 0.342 e. The highest BCUT2D eigenvalue weighted by atomic mass is 35.5. The van der Waals surface area contributed by atoms with Crippen LogP contribution in [0.1, 0.15) is 24.1 Å². The van der Waals surface area contributed by atoms with Gasteiger partial charge >= 0.3 is 5.97 Å². The van der Waals surface area contributed by atoms with Crippen LogP contribution in [0, 0.1) is 12.7 Å². The highest BCUT2D eigenvalue weighted by molar-refractivity contribution is 6.31. The molecule has 0 aliphatic carbocycles. The lowest BCUT2D eigenvalue weighted by Crippen LogP contribution is -2.32. The van der Waals surface area contributed by atoms with Gasteiger partial charge < -0.3 is 10.5 Å². The van der Waals surface area contributed by atoms with Crippen molar-refractivity contribution in [3.05, 3.63) is 34.1 Å². The maximum atomic E-state index is 13.8. The van der Waals surface area contributed by atoms with Crippen molar-refractivity contribution < 1.29 is 18.3 Å². The molecule has 0 fully saturated rings. The molecule has 0 spiro atoms. The molecule has 0 heterocycles. The van der Waals surface area contributed by atoms with Gasteiger partial charge in [0.05, 0.1) is 12.6 Å². The minimum Gasteiger partial charge on any atom is -0.464 e. The second-order valence-electron chi connectivity index (χ2n) is 3.77. The predicted octanol–water partition coefficient (Wildman–Crippen LogP) is 2.69. The van der Waals surface area contributed by atoms with Crippen LogP contribution in [0.2, 0.25) is 5.02 Å². The largest absolute Gasteiger partial charge is 0.464 e. The molecule has 0 saturated heterocycles. The first-order valence-electron chi connectivity index (χ1n) is 5.40.